The minimum atomic E-state index is -0.414. The summed E-state index contributed by atoms with van der Waals surface area (Å²) in [6.07, 6.45) is 4.58. The van der Waals surface area contributed by atoms with Gasteiger partial charge in [0.05, 0.1) is 0 Å². The number of carbonyl (C=O) groups is 1. The molecule has 1 unspecified atom stereocenters. The summed E-state index contributed by atoms with van der Waals surface area (Å²) < 4.78 is 0. The van der Waals surface area contributed by atoms with Gasteiger partial charge >= 0.3 is 0 Å². The van der Waals surface area contributed by atoms with Crippen molar-refractivity contribution in [1.82, 2.24) is 25.1 Å². The van der Waals surface area contributed by atoms with E-state index in [1.54, 1.807) is 0 Å². The van der Waals surface area contributed by atoms with Crippen molar-refractivity contribution in [2.75, 3.05) is 13.1 Å². The van der Waals surface area contributed by atoms with Crippen molar-refractivity contribution in [3.8, 4) is 11.4 Å². The summed E-state index contributed by atoms with van der Waals surface area (Å²) >= 11 is 0. The van der Waals surface area contributed by atoms with Crippen LogP contribution in [0.25, 0.3) is 11.4 Å². The lowest BCUT2D eigenvalue weighted by atomic mass is 10.2. The van der Waals surface area contributed by atoms with Crippen molar-refractivity contribution in [2.24, 2.45) is 0 Å². The third kappa shape index (κ3) is 3.16. The van der Waals surface area contributed by atoms with E-state index in [0.29, 0.717) is 5.82 Å². The first-order valence-electron chi connectivity index (χ1n) is 7.89. The Balaban J connectivity index is 1.73. The van der Waals surface area contributed by atoms with Crippen molar-refractivity contribution < 1.29 is 4.79 Å². The third-order valence-electron chi connectivity index (χ3n) is 4.08. The molecule has 0 N–H and O–H groups in total. The lowest BCUT2D eigenvalue weighted by Gasteiger charge is -2.23. The Hall–Kier alpha value is -2.24. The summed E-state index contributed by atoms with van der Waals surface area (Å²) in [6, 6.07) is 9.26. The molecule has 0 saturated carbocycles. The Bertz CT molecular complexity index is 616. The fourth-order valence-corrected chi connectivity index (χ4v) is 2.75. The second-order valence-electron chi connectivity index (χ2n) is 5.71. The molecule has 2 heterocycles. The topological polar surface area (TPSA) is 63.9 Å². The predicted octanol–water partition coefficient (Wildman–Crippen LogP) is 2.30. The Morgan fingerprint density at radius 1 is 1.09 bits per heavy atom. The molecule has 1 saturated heterocycles. The van der Waals surface area contributed by atoms with Crippen molar-refractivity contribution >= 4 is 5.91 Å². The van der Waals surface area contributed by atoms with Crippen molar-refractivity contribution in [3.63, 3.8) is 0 Å². The maximum absolute atomic E-state index is 12.6. The van der Waals surface area contributed by atoms with Gasteiger partial charge in [-0.25, -0.2) is 0 Å². The Morgan fingerprint density at radius 2 is 1.77 bits per heavy atom. The number of hydrogen-bond donors (Lipinski definition) is 0. The van der Waals surface area contributed by atoms with Gasteiger partial charge in [-0.2, -0.15) is 4.80 Å². The Labute approximate surface area is 130 Å². The highest BCUT2D eigenvalue weighted by Crippen LogP contribution is 2.17. The smallest absolute Gasteiger partial charge is 0.249 e. The van der Waals surface area contributed by atoms with Crippen LogP contribution in [-0.2, 0) is 4.79 Å². The minimum absolute atomic E-state index is 0.0823. The normalized spacial score (nSPS) is 17.0. The Kier molecular flexibility index (Phi) is 4.46. The van der Waals surface area contributed by atoms with Gasteiger partial charge in [0, 0.05) is 18.7 Å². The van der Waals surface area contributed by atoms with E-state index in [1.165, 1.54) is 17.6 Å². The first-order valence-corrected chi connectivity index (χ1v) is 7.89. The molecule has 116 valence electrons. The standard InChI is InChI=1S/C16H21N5O/c1-13(16(22)20-11-7-2-3-8-12-20)21-18-15(17-19-21)14-9-5-4-6-10-14/h4-6,9-10,13H,2-3,7-8,11-12H2,1H3. The molecule has 1 aromatic carbocycles. The third-order valence-corrected chi connectivity index (χ3v) is 4.08. The van der Waals surface area contributed by atoms with Crippen LogP contribution in [0.3, 0.4) is 0 Å². The van der Waals surface area contributed by atoms with Gasteiger partial charge in [0.25, 0.3) is 0 Å². The van der Waals surface area contributed by atoms with Gasteiger partial charge in [-0.05, 0) is 25.0 Å². The number of likely N-dealkylation sites (tertiary alicyclic amines) is 1. The zero-order valence-electron chi connectivity index (χ0n) is 12.9. The zero-order valence-corrected chi connectivity index (χ0v) is 12.9. The van der Waals surface area contributed by atoms with E-state index >= 15 is 0 Å². The van der Waals surface area contributed by atoms with Crippen molar-refractivity contribution in [2.45, 2.75) is 38.6 Å². The maximum atomic E-state index is 12.6. The molecule has 1 aliphatic rings. The number of tetrazole rings is 1. The molecule has 1 aromatic heterocycles. The molecule has 2 aromatic rings. The van der Waals surface area contributed by atoms with Gasteiger partial charge in [0.2, 0.25) is 11.7 Å². The number of carbonyl (C=O) groups excluding carboxylic acids is 1. The van der Waals surface area contributed by atoms with Crippen LogP contribution in [0, 0.1) is 0 Å². The molecule has 1 atom stereocenters. The summed E-state index contributed by atoms with van der Waals surface area (Å²) in [4.78, 5) is 16.0. The Morgan fingerprint density at radius 3 is 2.45 bits per heavy atom. The summed E-state index contributed by atoms with van der Waals surface area (Å²) in [7, 11) is 0. The second-order valence-corrected chi connectivity index (χ2v) is 5.71. The van der Waals surface area contributed by atoms with E-state index in [4.69, 9.17) is 0 Å². The van der Waals surface area contributed by atoms with Crippen LogP contribution < -0.4 is 0 Å². The van der Waals surface area contributed by atoms with E-state index in [1.807, 2.05) is 42.2 Å². The van der Waals surface area contributed by atoms with Gasteiger partial charge in [0.15, 0.2) is 0 Å². The van der Waals surface area contributed by atoms with Crippen LogP contribution in [0.4, 0.5) is 0 Å². The SMILES string of the molecule is CC(C(=O)N1CCCCCC1)n1nnc(-c2ccccc2)n1. The average molecular weight is 299 g/mol. The number of aromatic nitrogens is 4. The quantitative estimate of drug-likeness (QED) is 0.872. The molecule has 22 heavy (non-hydrogen) atoms. The molecule has 6 nitrogen and oxygen atoms in total. The molecule has 3 rings (SSSR count). The van der Waals surface area contributed by atoms with Crippen LogP contribution in [0.1, 0.15) is 38.6 Å². The van der Waals surface area contributed by atoms with E-state index in [2.05, 4.69) is 15.4 Å². The maximum Gasteiger partial charge on any atom is 0.249 e. The van der Waals surface area contributed by atoms with Gasteiger partial charge in [-0.3, -0.25) is 4.79 Å². The van der Waals surface area contributed by atoms with Crippen LogP contribution in [0.2, 0.25) is 0 Å². The van der Waals surface area contributed by atoms with Gasteiger partial charge in [-0.15, -0.1) is 10.2 Å². The van der Waals surface area contributed by atoms with E-state index < -0.39 is 6.04 Å². The molecule has 1 aliphatic heterocycles. The van der Waals surface area contributed by atoms with Gasteiger partial charge in [0.1, 0.15) is 6.04 Å². The van der Waals surface area contributed by atoms with Gasteiger partial charge < -0.3 is 4.90 Å². The fourth-order valence-electron chi connectivity index (χ4n) is 2.75. The summed E-state index contributed by atoms with van der Waals surface area (Å²) in [6.45, 7) is 3.51. The van der Waals surface area contributed by atoms with Crippen LogP contribution in [0.5, 0.6) is 0 Å². The van der Waals surface area contributed by atoms with E-state index in [9.17, 15) is 4.79 Å². The predicted molar refractivity (Wildman–Crippen MR) is 83.0 cm³/mol. The molecular weight excluding hydrogens is 278 g/mol. The molecule has 1 fully saturated rings. The van der Waals surface area contributed by atoms with Crippen LogP contribution in [0.15, 0.2) is 30.3 Å². The number of rotatable bonds is 3. The van der Waals surface area contributed by atoms with Crippen LogP contribution >= 0.6 is 0 Å². The zero-order chi connectivity index (χ0) is 15.4. The lowest BCUT2D eigenvalue weighted by Crippen LogP contribution is -2.37. The molecule has 0 radical (unpaired) electrons. The minimum Gasteiger partial charge on any atom is -0.341 e. The molecule has 0 bridgehead atoms. The second kappa shape index (κ2) is 6.68. The number of amides is 1. The molecule has 0 spiro atoms. The average Bonchev–Trinajstić information content (AvgIpc) is 2.90. The van der Waals surface area contributed by atoms with E-state index in [-0.39, 0.29) is 5.91 Å². The highest BCUT2D eigenvalue weighted by Gasteiger charge is 2.24. The molecule has 6 heteroatoms. The molecule has 0 aliphatic carbocycles. The number of benzene rings is 1. The van der Waals surface area contributed by atoms with E-state index in [0.717, 1.165) is 31.5 Å². The number of nitrogens with zero attached hydrogens (tertiary/aromatic N) is 5. The lowest BCUT2D eigenvalue weighted by molar-refractivity contribution is -0.134. The molecular formula is C16H21N5O. The molecule has 1 amide bonds. The summed E-state index contributed by atoms with van der Waals surface area (Å²) in [5.41, 5.74) is 0.906. The number of hydrogen-bond acceptors (Lipinski definition) is 4. The van der Waals surface area contributed by atoms with Crippen molar-refractivity contribution in [3.05, 3.63) is 30.3 Å². The van der Waals surface area contributed by atoms with Crippen LogP contribution in [-0.4, -0.2) is 44.1 Å². The monoisotopic (exact) mass is 299 g/mol. The highest BCUT2D eigenvalue weighted by molar-refractivity contribution is 5.79. The first-order chi connectivity index (χ1) is 10.8. The fraction of sp³-hybridized carbons (Fsp3) is 0.500. The highest BCUT2D eigenvalue weighted by atomic mass is 16.2. The first kappa shape index (κ1) is 14.7. The van der Waals surface area contributed by atoms with Gasteiger partial charge in [-0.1, -0.05) is 43.2 Å². The summed E-state index contributed by atoms with van der Waals surface area (Å²) in [5.74, 6) is 0.634. The largest absolute Gasteiger partial charge is 0.341 e. The van der Waals surface area contributed by atoms with Crippen molar-refractivity contribution in [1.29, 1.82) is 0 Å². The summed E-state index contributed by atoms with van der Waals surface area (Å²) in [5, 5.41) is 12.5.